The van der Waals surface area contributed by atoms with Gasteiger partial charge in [0.15, 0.2) is 7.28 Å². The van der Waals surface area contributed by atoms with Gasteiger partial charge in [0.2, 0.25) is 0 Å². The van der Waals surface area contributed by atoms with E-state index in [-0.39, 0.29) is 0 Å². The van der Waals surface area contributed by atoms with Crippen molar-refractivity contribution in [3.05, 3.63) is 54.2 Å². The molecule has 0 atom stereocenters. The van der Waals surface area contributed by atoms with Crippen LogP contribution in [0.2, 0.25) is 0 Å². The second kappa shape index (κ2) is 3.99. The van der Waals surface area contributed by atoms with Crippen molar-refractivity contribution in [2.45, 2.75) is 6.54 Å². The summed E-state index contributed by atoms with van der Waals surface area (Å²) >= 11 is 0. The lowest BCUT2D eigenvalue weighted by atomic mass is 9.68. The number of nitrogens with one attached hydrogen (secondary N) is 1. The fraction of sp³-hybridized carbons (Fsp3) is 0.0909. The van der Waals surface area contributed by atoms with E-state index in [9.17, 15) is 0 Å². The number of hydrogen-bond donors (Lipinski definition) is 1. The summed E-state index contributed by atoms with van der Waals surface area (Å²) < 4.78 is 0. The highest BCUT2D eigenvalue weighted by Crippen LogP contribution is 1.96. The zero-order valence-electron chi connectivity index (χ0n) is 7.40. The number of hydrogen-bond acceptors (Lipinski definition) is 1. The summed E-state index contributed by atoms with van der Waals surface area (Å²) in [5.41, 5.74) is 2.62. The van der Waals surface area contributed by atoms with Crippen LogP contribution < -0.4 is 10.8 Å². The first-order chi connectivity index (χ1) is 6.47. The Balaban J connectivity index is 2.31. The highest BCUT2D eigenvalue weighted by atomic mass is 14.8. The molecule has 1 aromatic rings. The fourth-order valence-electron chi connectivity index (χ4n) is 1.37. The molecule has 1 radical (unpaired) electrons. The maximum absolute atomic E-state index is 3.23. The summed E-state index contributed by atoms with van der Waals surface area (Å²) in [6.45, 7) is 0.894. The summed E-state index contributed by atoms with van der Waals surface area (Å²) in [5, 5.41) is 3.23. The van der Waals surface area contributed by atoms with Crippen molar-refractivity contribution >= 4 is 12.7 Å². The molecule has 1 N–H and O–H groups in total. The molecule has 1 aromatic carbocycles. The highest BCUT2D eigenvalue weighted by molar-refractivity contribution is 6.59. The largest absolute Gasteiger partial charge is 0.387 e. The van der Waals surface area contributed by atoms with Crippen LogP contribution in [0.25, 0.3) is 0 Å². The first-order valence-electron chi connectivity index (χ1n) is 4.45. The molecule has 0 unspecified atom stereocenters. The van der Waals surface area contributed by atoms with Crippen LogP contribution in [0.4, 0.5) is 0 Å². The summed E-state index contributed by atoms with van der Waals surface area (Å²) in [5.74, 6) is 2.06. The van der Waals surface area contributed by atoms with Crippen LogP contribution in [0.15, 0.2) is 48.6 Å². The third kappa shape index (κ3) is 2.02. The molecule has 2 heteroatoms. The molecule has 0 saturated heterocycles. The third-order valence-corrected chi connectivity index (χ3v) is 2.06. The molecule has 0 aliphatic carbocycles. The molecular formula is C11H11BN. The first-order valence-corrected chi connectivity index (χ1v) is 4.45. The van der Waals surface area contributed by atoms with Crippen molar-refractivity contribution in [1.82, 2.24) is 5.32 Å². The predicted octanol–water partition coefficient (Wildman–Crippen LogP) is 1.15. The maximum atomic E-state index is 3.23. The van der Waals surface area contributed by atoms with Crippen LogP contribution in [0, 0.1) is 0 Å². The van der Waals surface area contributed by atoms with Crippen molar-refractivity contribution in [1.29, 1.82) is 0 Å². The van der Waals surface area contributed by atoms with Crippen molar-refractivity contribution in [2.24, 2.45) is 0 Å². The van der Waals surface area contributed by atoms with Crippen LogP contribution in [0.1, 0.15) is 5.56 Å². The van der Waals surface area contributed by atoms with Gasteiger partial charge in [0.1, 0.15) is 0 Å². The molecule has 2 rings (SSSR count). The molecular weight excluding hydrogens is 157 g/mol. The van der Waals surface area contributed by atoms with Gasteiger partial charge in [0, 0.05) is 6.54 Å². The Morgan fingerprint density at radius 3 is 3.08 bits per heavy atom. The lowest BCUT2D eigenvalue weighted by Gasteiger charge is -2.05. The van der Waals surface area contributed by atoms with Gasteiger partial charge in [-0.3, -0.25) is 0 Å². The number of rotatable bonds is 0. The van der Waals surface area contributed by atoms with Gasteiger partial charge in [-0.05, 0) is 17.8 Å². The predicted molar refractivity (Wildman–Crippen MR) is 56.9 cm³/mol. The molecule has 1 nitrogen and oxygen atoms in total. The molecule has 0 aromatic heterocycles. The van der Waals surface area contributed by atoms with Gasteiger partial charge in [-0.2, -0.15) is 0 Å². The molecule has 0 amide bonds. The number of allylic oxidation sites excluding steroid dienone is 2. The van der Waals surface area contributed by atoms with Crippen molar-refractivity contribution in [3.63, 3.8) is 0 Å². The molecule has 13 heavy (non-hydrogen) atoms. The first kappa shape index (κ1) is 8.18. The van der Waals surface area contributed by atoms with E-state index < -0.39 is 0 Å². The average molecular weight is 168 g/mol. The van der Waals surface area contributed by atoms with E-state index in [1.165, 1.54) is 11.0 Å². The van der Waals surface area contributed by atoms with Gasteiger partial charge < -0.3 is 5.32 Å². The van der Waals surface area contributed by atoms with Gasteiger partial charge >= 0.3 is 0 Å². The summed E-state index contributed by atoms with van der Waals surface area (Å²) in [4.78, 5) is 0. The van der Waals surface area contributed by atoms with Gasteiger partial charge in [0.05, 0.1) is 0 Å². The standard InChI is InChI=1S/C11H11BN/c1-2-6-11-10(5-1)9-13-8-4-3-7-12-11/h1-8,13H,9H2/b7-3-,8-4-. The Morgan fingerprint density at radius 2 is 2.08 bits per heavy atom. The minimum absolute atomic E-state index is 0.894. The average Bonchev–Trinajstić information content (AvgIpc) is 2.28. The second-order valence-corrected chi connectivity index (χ2v) is 2.99. The number of fused-ring (bicyclic) bond motifs is 1. The Bertz CT molecular complexity index is 342. The van der Waals surface area contributed by atoms with Crippen LogP contribution in [0.5, 0.6) is 0 Å². The Hall–Kier alpha value is -1.44. The SMILES string of the molecule is [B]1/C=C\C=C/NCc2ccccc21. The zero-order valence-corrected chi connectivity index (χ0v) is 7.40. The molecule has 0 saturated carbocycles. The minimum atomic E-state index is 0.894. The third-order valence-electron chi connectivity index (χ3n) is 2.06. The molecule has 1 aliphatic heterocycles. The molecule has 1 heterocycles. The lowest BCUT2D eigenvalue weighted by molar-refractivity contribution is 0.875. The maximum Gasteiger partial charge on any atom is 0.181 e. The Labute approximate surface area is 79.4 Å². The van der Waals surface area contributed by atoms with Crippen molar-refractivity contribution in [2.75, 3.05) is 0 Å². The Morgan fingerprint density at radius 1 is 1.15 bits per heavy atom. The fourth-order valence-corrected chi connectivity index (χ4v) is 1.37. The quantitative estimate of drug-likeness (QED) is 0.573. The molecule has 0 spiro atoms. The zero-order chi connectivity index (χ0) is 8.93. The summed E-state index contributed by atoms with van der Waals surface area (Å²) in [6.07, 6.45) is 5.99. The Kier molecular flexibility index (Phi) is 2.51. The highest BCUT2D eigenvalue weighted by Gasteiger charge is 1.99. The topological polar surface area (TPSA) is 12.0 Å². The molecule has 0 bridgehead atoms. The van der Waals surface area contributed by atoms with E-state index in [0.29, 0.717) is 0 Å². The second-order valence-electron chi connectivity index (χ2n) is 2.99. The van der Waals surface area contributed by atoms with Crippen LogP contribution in [0.3, 0.4) is 0 Å². The summed E-state index contributed by atoms with van der Waals surface area (Å²) in [7, 11) is 2.13. The van der Waals surface area contributed by atoms with Crippen molar-refractivity contribution < 1.29 is 0 Å². The smallest absolute Gasteiger partial charge is 0.181 e. The summed E-state index contributed by atoms with van der Waals surface area (Å²) in [6, 6.07) is 8.41. The van der Waals surface area contributed by atoms with E-state index >= 15 is 0 Å². The minimum Gasteiger partial charge on any atom is -0.387 e. The van der Waals surface area contributed by atoms with Gasteiger partial charge in [-0.1, -0.05) is 35.8 Å². The van der Waals surface area contributed by atoms with E-state index in [0.717, 1.165) is 6.54 Å². The lowest BCUT2D eigenvalue weighted by Crippen LogP contribution is -2.20. The van der Waals surface area contributed by atoms with Crippen molar-refractivity contribution in [3.8, 4) is 0 Å². The normalized spacial score (nSPS) is 19.4. The van der Waals surface area contributed by atoms with Gasteiger partial charge in [-0.25, -0.2) is 0 Å². The van der Waals surface area contributed by atoms with E-state index in [4.69, 9.17) is 0 Å². The van der Waals surface area contributed by atoms with Crippen LogP contribution in [-0.2, 0) is 6.54 Å². The monoisotopic (exact) mass is 168 g/mol. The van der Waals surface area contributed by atoms with E-state index in [1.807, 2.05) is 18.4 Å². The van der Waals surface area contributed by atoms with Gasteiger partial charge in [0.25, 0.3) is 0 Å². The van der Waals surface area contributed by atoms with Crippen LogP contribution >= 0.6 is 0 Å². The van der Waals surface area contributed by atoms with E-state index in [2.05, 4.69) is 42.8 Å². The van der Waals surface area contributed by atoms with Gasteiger partial charge in [-0.15, -0.1) is 5.98 Å². The molecule has 63 valence electrons. The van der Waals surface area contributed by atoms with E-state index in [1.54, 1.807) is 0 Å². The molecule has 1 aliphatic rings. The number of benzene rings is 1. The molecule has 0 fully saturated rings. The van der Waals surface area contributed by atoms with Crippen LogP contribution in [-0.4, -0.2) is 7.28 Å².